The summed E-state index contributed by atoms with van der Waals surface area (Å²) in [5.74, 6) is -0.452. The van der Waals surface area contributed by atoms with Gasteiger partial charge in [-0.25, -0.2) is 4.79 Å². The first-order chi connectivity index (χ1) is 18.5. The van der Waals surface area contributed by atoms with Gasteiger partial charge < -0.3 is 10.5 Å². The number of fused-ring (bicyclic) bond motifs is 1. The summed E-state index contributed by atoms with van der Waals surface area (Å²) >= 11 is 13.9. The van der Waals surface area contributed by atoms with Crippen LogP contribution in [-0.4, -0.2) is 28.8 Å². The molecule has 2 heterocycles. The van der Waals surface area contributed by atoms with Crippen molar-refractivity contribution < 1.29 is 14.3 Å². The quantitative estimate of drug-likeness (QED) is 0.352. The number of carbonyl (C=O) groups excluding carboxylic acids is 2. The molecule has 1 fully saturated rings. The van der Waals surface area contributed by atoms with Crippen LogP contribution in [0.3, 0.4) is 0 Å². The maximum atomic E-state index is 14.3. The van der Waals surface area contributed by atoms with Crippen molar-refractivity contribution in [2.45, 2.75) is 67.4 Å². The van der Waals surface area contributed by atoms with Gasteiger partial charge in [-0.1, -0.05) is 77.7 Å². The van der Waals surface area contributed by atoms with Crippen LogP contribution in [0, 0.1) is 39.9 Å². The molecule has 2 unspecified atom stereocenters. The molecule has 6 nitrogen and oxygen atoms in total. The standard InChI is InChI=1S/C31H37Cl2N3O3S/c1-15-11-18(30(2,3)4)25(19(12-15)31(5,6)7)39-29(38)23-22(16-9-10-20(32)21(33)13-16)24-26(40-8)17(14-34)28(37)36(24)27(23)35/h9-10,13,15,18-19,25H,11-12,35H2,1-8H3. The summed E-state index contributed by atoms with van der Waals surface area (Å²) < 4.78 is 7.76. The van der Waals surface area contributed by atoms with Gasteiger partial charge in [0.25, 0.3) is 5.91 Å². The zero-order chi connectivity index (χ0) is 29.9. The summed E-state index contributed by atoms with van der Waals surface area (Å²) in [5.41, 5.74) is 7.83. The van der Waals surface area contributed by atoms with Crippen molar-refractivity contribution in [3.63, 3.8) is 0 Å². The lowest BCUT2D eigenvalue weighted by atomic mass is 9.59. The average molecular weight is 603 g/mol. The molecule has 2 N–H and O–H groups in total. The van der Waals surface area contributed by atoms with E-state index in [4.69, 9.17) is 33.7 Å². The van der Waals surface area contributed by atoms with Gasteiger partial charge in [-0.05, 0) is 53.5 Å². The second-order valence-corrected chi connectivity index (χ2v) is 14.8. The number of allylic oxidation sites excluding steroid dienone is 1. The lowest BCUT2D eigenvalue weighted by Gasteiger charge is -2.50. The number of benzene rings is 1. The van der Waals surface area contributed by atoms with Crippen LogP contribution in [0.5, 0.6) is 0 Å². The van der Waals surface area contributed by atoms with E-state index in [2.05, 4.69) is 48.5 Å². The Labute approximate surface area is 251 Å². The van der Waals surface area contributed by atoms with Crippen molar-refractivity contribution in [2.75, 3.05) is 12.0 Å². The Morgan fingerprint density at radius 2 is 1.68 bits per heavy atom. The number of thioether (sulfide) groups is 1. The Balaban J connectivity index is 1.93. The Morgan fingerprint density at radius 1 is 1.10 bits per heavy atom. The predicted octanol–water partition coefficient (Wildman–Crippen LogP) is 8.58. The first-order valence-electron chi connectivity index (χ1n) is 13.5. The molecule has 214 valence electrons. The lowest BCUT2D eigenvalue weighted by Crippen LogP contribution is -2.49. The van der Waals surface area contributed by atoms with Gasteiger partial charge in [0.1, 0.15) is 29.1 Å². The van der Waals surface area contributed by atoms with Gasteiger partial charge in [-0.3, -0.25) is 9.36 Å². The molecular weight excluding hydrogens is 565 g/mol. The van der Waals surface area contributed by atoms with Crippen molar-refractivity contribution in [1.29, 1.82) is 5.26 Å². The minimum absolute atomic E-state index is 0.0164. The molecule has 0 saturated heterocycles. The highest BCUT2D eigenvalue weighted by molar-refractivity contribution is 8.07. The van der Waals surface area contributed by atoms with Crippen LogP contribution in [0.25, 0.3) is 16.0 Å². The fourth-order valence-electron chi connectivity index (χ4n) is 6.33. The summed E-state index contributed by atoms with van der Waals surface area (Å²) in [5, 5.41) is 10.4. The molecule has 40 heavy (non-hydrogen) atoms. The number of hydrogen-bond donors (Lipinski definition) is 1. The molecule has 0 amide bonds. The molecule has 9 heteroatoms. The molecule has 0 radical (unpaired) electrons. The molecule has 4 rings (SSSR count). The Morgan fingerprint density at radius 3 is 2.15 bits per heavy atom. The number of hydrogen-bond acceptors (Lipinski definition) is 6. The van der Waals surface area contributed by atoms with Crippen molar-refractivity contribution in [2.24, 2.45) is 28.6 Å². The Bertz CT molecular complexity index is 1430. The number of carbonyl (C=O) groups is 2. The summed E-state index contributed by atoms with van der Waals surface area (Å²) in [6, 6.07) is 7.01. The minimum Gasteiger partial charge on any atom is -0.458 e. The highest BCUT2D eigenvalue weighted by Crippen LogP contribution is 2.51. The summed E-state index contributed by atoms with van der Waals surface area (Å²) in [7, 11) is 0. The van der Waals surface area contributed by atoms with Crippen molar-refractivity contribution in [3.8, 4) is 17.2 Å². The van der Waals surface area contributed by atoms with Gasteiger partial charge in [-0.15, -0.1) is 11.8 Å². The molecule has 1 aromatic carbocycles. The molecule has 2 aliphatic rings. The number of rotatable bonds is 4. The number of esters is 1. The predicted molar refractivity (Wildman–Crippen MR) is 164 cm³/mol. The first-order valence-corrected chi connectivity index (χ1v) is 15.4. The molecule has 1 aromatic heterocycles. The molecule has 1 aliphatic carbocycles. The molecule has 0 spiro atoms. The lowest BCUT2D eigenvalue weighted by molar-refractivity contribution is -0.0922. The van der Waals surface area contributed by atoms with Crippen LogP contribution in [0.2, 0.25) is 10.0 Å². The molecule has 2 atom stereocenters. The highest BCUT2D eigenvalue weighted by atomic mass is 35.5. The third kappa shape index (κ3) is 5.19. The highest BCUT2D eigenvalue weighted by Gasteiger charge is 2.49. The van der Waals surface area contributed by atoms with Crippen molar-refractivity contribution >= 4 is 57.6 Å². The van der Waals surface area contributed by atoms with Crippen molar-refractivity contribution in [3.05, 3.63) is 45.1 Å². The van der Waals surface area contributed by atoms with E-state index in [9.17, 15) is 14.9 Å². The van der Waals surface area contributed by atoms with Crippen LogP contribution in [0.15, 0.2) is 23.8 Å². The van der Waals surface area contributed by atoms with E-state index in [1.807, 2.05) is 6.07 Å². The minimum atomic E-state index is -0.588. The first kappa shape index (κ1) is 30.6. The largest absolute Gasteiger partial charge is 0.458 e. The number of ether oxygens (including phenoxy) is 1. The van der Waals surface area contributed by atoms with Gasteiger partial charge >= 0.3 is 5.97 Å². The number of nitrogens with zero attached hydrogens (tertiary/aromatic N) is 2. The third-order valence-corrected chi connectivity index (χ3v) is 9.91. The van der Waals surface area contributed by atoms with Crippen LogP contribution >= 0.6 is 35.0 Å². The van der Waals surface area contributed by atoms with Crippen LogP contribution < -0.4 is 5.73 Å². The summed E-state index contributed by atoms with van der Waals surface area (Å²) in [6.45, 7) is 15.4. The number of halogens is 2. The molecular formula is C31H37Cl2N3O3S. The normalized spacial score (nSPS) is 23.3. The second-order valence-electron chi connectivity index (χ2n) is 13.2. The maximum absolute atomic E-state index is 14.3. The zero-order valence-electron chi connectivity index (χ0n) is 24.3. The molecule has 1 saturated carbocycles. The number of aromatic nitrogens is 1. The van der Waals surface area contributed by atoms with Crippen molar-refractivity contribution in [1.82, 2.24) is 4.57 Å². The summed E-state index contributed by atoms with van der Waals surface area (Å²) in [6.07, 6.45) is 3.32. The van der Waals surface area contributed by atoms with E-state index in [1.165, 1.54) is 16.3 Å². The Kier molecular flexibility index (Phi) is 8.23. The monoisotopic (exact) mass is 601 g/mol. The van der Waals surface area contributed by atoms with E-state index < -0.39 is 11.9 Å². The second kappa shape index (κ2) is 10.8. The fourth-order valence-corrected chi connectivity index (χ4v) is 7.35. The molecule has 0 bridgehead atoms. The number of nitrogen functional groups attached to an aromatic ring is 1. The summed E-state index contributed by atoms with van der Waals surface area (Å²) in [4.78, 5) is 28.1. The van der Waals surface area contributed by atoms with E-state index in [0.29, 0.717) is 37.7 Å². The van der Waals surface area contributed by atoms with Crippen LogP contribution in [0.4, 0.5) is 5.82 Å². The number of nitrogens with two attached hydrogens (primary N) is 1. The topological polar surface area (TPSA) is 98.1 Å². The van der Waals surface area contributed by atoms with Gasteiger partial charge in [0.15, 0.2) is 0 Å². The van der Waals surface area contributed by atoms with E-state index in [0.717, 1.165) is 12.8 Å². The van der Waals surface area contributed by atoms with Crippen LogP contribution in [0.1, 0.15) is 82.2 Å². The third-order valence-electron chi connectivity index (χ3n) is 8.37. The van der Waals surface area contributed by atoms with Crippen LogP contribution in [-0.2, 0) is 4.74 Å². The van der Waals surface area contributed by atoms with E-state index in [1.54, 1.807) is 24.5 Å². The van der Waals surface area contributed by atoms with E-state index in [-0.39, 0.29) is 45.7 Å². The smallest absolute Gasteiger partial charge is 0.342 e. The van der Waals surface area contributed by atoms with Gasteiger partial charge in [0, 0.05) is 17.4 Å². The maximum Gasteiger partial charge on any atom is 0.342 e. The molecule has 2 aromatic rings. The SMILES string of the molecule is CSC1=C(C#N)C(=O)n2c(N)c(C(=O)OC3C(C(C)(C)C)CC(C)CC3C(C)(C)C)c(-c3ccc(Cl)c(Cl)c3)c21. The Hall–Kier alpha value is -2.40. The average Bonchev–Trinajstić information content (AvgIpc) is 3.31. The number of anilines is 1. The zero-order valence-corrected chi connectivity index (χ0v) is 26.6. The van der Waals surface area contributed by atoms with E-state index >= 15 is 0 Å². The molecule has 1 aliphatic heterocycles. The number of nitriles is 1. The van der Waals surface area contributed by atoms with Gasteiger partial charge in [0.05, 0.1) is 20.6 Å². The van der Waals surface area contributed by atoms with Gasteiger partial charge in [0.2, 0.25) is 0 Å². The van der Waals surface area contributed by atoms with Gasteiger partial charge in [-0.2, -0.15) is 5.26 Å². The fraction of sp³-hybridized carbons (Fsp3) is 0.516.